The van der Waals surface area contributed by atoms with Gasteiger partial charge >= 0.3 is 0 Å². The Kier molecular flexibility index (Phi) is 9.49. The predicted octanol–water partition coefficient (Wildman–Crippen LogP) is 7.48. The molecule has 3 aliphatic heterocycles. The number of morpholine rings is 1. The second-order valence-electron chi connectivity index (χ2n) is 16.1. The van der Waals surface area contributed by atoms with Gasteiger partial charge in [-0.1, -0.05) is 25.3 Å². The van der Waals surface area contributed by atoms with Gasteiger partial charge in [-0.25, -0.2) is 13.1 Å². The highest BCUT2D eigenvalue weighted by Gasteiger charge is 2.39. The second-order valence-corrected chi connectivity index (χ2v) is 18.3. The first-order valence-electron chi connectivity index (χ1n) is 19.5. The second kappa shape index (κ2) is 14.0. The number of aryl methyl sites for hydroxylation is 1. The highest BCUT2D eigenvalue weighted by Crippen LogP contribution is 2.48. The third-order valence-electron chi connectivity index (χ3n) is 11.8. The fraction of sp³-hybridized carbons (Fsp3) is 0.500. The molecular formula is C42H51N5O6S. The number of nitrogens with zero attached hydrogens (tertiary/aromatic N) is 4. The first kappa shape index (κ1) is 36.6. The lowest BCUT2D eigenvalue weighted by molar-refractivity contribution is -0.0303. The molecule has 1 N–H and O–H groups in total. The van der Waals surface area contributed by atoms with Crippen molar-refractivity contribution in [1.82, 2.24) is 24.0 Å². The van der Waals surface area contributed by atoms with E-state index >= 15 is 0 Å². The maximum atomic E-state index is 14.7. The Morgan fingerprint density at radius 2 is 1.67 bits per heavy atom. The number of methoxy groups -OCH3 is 1. The normalized spacial score (nSPS) is 20.2. The van der Waals surface area contributed by atoms with E-state index in [9.17, 15) is 18.0 Å². The molecular weight excluding hydrogens is 703 g/mol. The number of aromatic nitrogens is 3. The number of amides is 2. The van der Waals surface area contributed by atoms with Crippen LogP contribution in [0.5, 0.6) is 5.75 Å². The van der Waals surface area contributed by atoms with E-state index in [4.69, 9.17) is 14.6 Å². The summed E-state index contributed by atoms with van der Waals surface area (Å²) in [5.41, 5.74) is 8.46. The fourth-order valence-electron chi connectivity index (χ4n) is 9.06. The van der Waals surface area contributed by atoms with Gasteiger partial charge in [-0.2, -0.15) is 5.10 Å². The first-order chi connectivity index (χ1) is 25.8. The highest BCUT2D eigenvalue weighted by atomic mass is 32.2. The van der Waals surface area contributed by atoms with Crippen LogP contribution in [-0.4, -0.2) is 77.1 Å². The SMILES string of the molecule is COc1ccc2c(c1)C=C(c1c(C(=O)N3CC4CCC(C3)O4)c(C)nn1C(C)C)Cn1c-2c(C2CCCCC2)c2ccc(C(=O)NS(=O)(=O)C(C)C)cc21. The maximum Gasteiger partial charge on any atom is 0.264 e. The molecule has 11 nitrogen and oxygen atoms in total. The summed E-state index contributed by atoms with van der Waals surface area (Å²) in [6.07, 6.45) is 9.84. The largest absolute Gasteiger partial charge is 0.497 e. The van der Waals surface area contributed by atoms with Gasteiger partial charge in [-0.15, -0.1) is 0 Å². The predicted molar refractivity (Wildman–Crippen MR) is 210 cm³/mol. The molecule has 2 atom stereocenters. The van der Waals surface area contributed by atoms with Crippen LogP contribution in [0.25, 0.3) is 33.8 Å². The van der Waals surface area contributed by atoms with Crippen molar-refractivity contribution in [3.05, 3.63) is 70.0 Å². The molecule has 4 aromatic rings. The Morgan fingerprint density at radius 3 is 2.33 bits per heavy atom. The monoisotopic (exact) mass is 753 g/mol. The van der Waals surface area contributed by atoms with Gasteiger partial charge in [-0.05, 0) is 119 Å². The standard InChI is InChI=1S/C42H51N5O6S/c1-24(2)47-39(37(26(5)43-47)42(49)45-22-32-13-14-33(23-45)53-32)30-18-29-19-31(52-6)15-17-34(29)40-38(27-10-8-7-9-11-27)35-16-12-28(20-36(35)46(40)21-30)41(48)44-54(50,51)25(3)4/h12,15-20,24-25,27,32-33H,7-11,13-14,21-23H2,1-6H3,(H,44,48). The van der Waals surface area contributed by atoms with Gasteiger partial charge in [0.2, 0.25) is 10.0 Å². The number of likely N-dealkylation sites (tertiary alicyclic amines) is 1. The van der Waals surface area contributed by atoms with Crippen LogP contribution in [0.1, 0.15) is 128 Å². The Bertz CT molecular complexity index is 2280. The number of rotatable bonds is 8. The topological polar surface area (TPSA) is 125 Å². The van der Waals surface area contributed by atoms with Gasteiger partial charge in [-0.3, -0.25) is 14.3 Å². The van der Waals surface area contributed by atoms with E-state index < -0.39 is 21.2 Å². The summed E-state index contributed by atoms with van der Waals surface area (Å²) in [4.78, 5) is 30.2. The number of allylic oxidation sites excluding steroid dienone is 1. The number of hydrogen-bond acceptors (Lipinski definition) is 7. The lowest BCUT2D eigenvalue weighted by atomic mass is 9.81. The molecule has 54 heavy (non-hydrogen) atoms. The summed E-state index contributed by atoms with van der Waals surface area (Å²) in [6.45, 7) is 10.7. The van der Waals surface area contributed by atoms with E-state index in [1.165, 1.54) is 12.0 Å². The molecule has 286 valence electrons. The molecule has 2 aromatic heterocycles. The molecule has 1 aliphatic carbocycles. The number of carbonyl (C=O) groups is 2. The number of carbonyl (C=O) groups excluding carboxylic acids is 2. The molecule has 5 heterocycles. The van der Waals surface area contributed by atoms with Gasteiger partial charge in [0.1, 0.15) is 5.75 Å². The zero-order chi connectivity index (χ0) is 38.1. The van der Waals surface area contributed by atoms with Crippen molar-refractivity contribution in [3.8, 4) is 17.0 Å². The number of fused-ring (bicyclic) bond motifs is 7. The van der Waals surface area contributed by atoms with Gasteiger partial charge < -0.3 is 18.9 Å². The van der Waals surface area contributed by atoms with Crippen LogP contribution < -0.4 is 9.46 Å². The van der Waals surface area contributed by atoms with Crippen LogP contribution in [0, 0.1) is 6.92 Å². The van der Waals surface area contributed by atoms with Crippen molar-refractivity contribution in [2.24, 2.45) is 0 Å². The molecule has 2 aromatic carbocycles. The van der Waals surface area contributed by atoms with Gasteiger partial charge in [0.15, 0.2) is 0 Å². The quantitative estimate of drug-likeness (QED) is 0.198. The number of hydrogen-bond donors (Lipinski definition) is 1. The molecule has 2 unspecified atom stereocenters. The van der Waals surface area contributed by atoms with E-state index in [0.717, 1.165) is 83.3 Å². The van der Waals surface area contributed by atoms with E-state index in [1.54, 1.807) is 27.0 Å². The summed E-state index contributed by atoms with van der Waals surface area (Å²) in [6, 6.07) is 11.7. The Morgan fingerprint density at radius 1 is 0.944 bits per heavy atom. The molecule has 2 saturated heterocycles. The Balaban J connectivity index is 1.36. The van der Waals surface area contributed by atoms with Gasteiger partial charge in [0, 0.05) is 41.2 Å². The summed E-state index contributed by atoms with van der Waals surface area (Å²) < 4.78 is 44.0. The van der Waals surface area contributed by atoms with Crippen LogP contribution in [0.4, 0.5) is 0 Å². The minimum absolute atomic E-state index is 0.0311. The molecule has 3 fully saturated rings. The highest BCUT2D eigenvalue weighted by molar-refractivity contribution is 7.90. The minimum atomic E-state index is -3.84. The van der Waals surface area contributed by atoms with E-state index in [0.29, 0.717) is 36.8 Å². The Hall–Kier alpha value is -4.42. The van der Waals surface area contributed by atoms with Crippen molar-refractivity contribution in [3.63, 3.8) is 0 Å². The number of benzene rings is 2. The molecule has 2 amide bonds. The molecule has 1 saturated carbocycles. The average molecular weight is 754 g/mol. The number of nitrogens with one attached hydrogen (secondary N) is 1. The van der Waals surface area contributed by atoms with Gasteiger partial charge in [0.05, 0.1) is 53.8 Å². The van der Waals surface area contributed by atoms with E-state index in [1.807, 2.05) is 34.7 Å². The molecule has 0 spiro atoms. The van der Waals surface area contributed by atoms with Crippen LogP contribution >= 0.6 is 0 Å². The van der Waals surface area contributed by atoms with Crippen molar-refractivity contribution in [2.75, 3.05) is 20.2 Å². The molecule has 0 radical (unpaired) electrons. The zero-order valence-corrected chi connectivity index (χ0v) is 33.0. The van der Waals surface area contributed by atoms with Crippen LogP contribution in [0.3, 0.4) is 0 Å². The summed E-state index contributed by atoms with van der Waals surface area (Å²) in [5.74, 6) is 0.353. The van der Waals surface area contributed by atoms with Gasteiger partial charge in [0.25, 0.3) is 11.8 Å². The lowest BCUT2D eigenvalue weighted by Crippen LogP contribution is -2.46. The van der Waals surface area contributed by atoms with Crippen LogP contribution in [0.2, 0.25) is 0 Å². The summed E-state index contributed by atoms with van der Waals surface area (Å²) >= 11 is 0. The van der Waals surface area contributed by atoms with Crippen molar-refractivity contribution < 1.29 is 27.5 Å². The average Bonchev–Trinajstić information content (AvgIpc) is 3.75. The molecule has 4 aliphatic rings. The lowest BCUT2D eigenvalue weighted by Gasteiger charge is -2.32. The Labute approximate surface area is 317 Å². The third kappa shape index (κ3) is 6.34. The molecule has 2 bridgehead atoms. The fourth-order valence-corrected chi connectivity index (χ4v) is 9.67. The zero-order valence-electron chi connectivity index (χ0n) is 32.1. The minimum Gasteiger partial charge on any atom is -0.497 e. The maximum absolute atomic E-state index is 14.7. The summed E-state index contributed by atoms with van der Waals surface area (Å²) in [7, 11) is -2.17. The first-order valence-corrected chi connectivity index (χ1v) is 21.0. The van der Waals surface area contributed by atoms with E-state index in [-0.39, 0.29) is 29.7 Å². The number of sulfonamides is 1. The molecule has 8 rings (SSSR count). The van der Waals surface area contributed by atoms with Crippen LogP contribution in [0.15, 0.2) is 36.4 Å². The van der Waals surface area contributed by atoms with Crippen molar-refractivity contribution >= 4 is 44.4 Å². The third-order valence-corrected chi connectivity index (χ3v) is 13.5. The number of ether oxygens (including phenoxy) is 2. The van der Waals surface area contributed by atoms with E-state index in [2.05, 4.69) is 41.3 Å². The van der Waals surface area contributed by atoms with Crippen LogP contribution in [-0.2, 0) is 21.3 Å². The summed E-state index contributed by atoms with van der Waals surface area (Å²) in [5, 5.41) is 5.31. The van der Waals surface area contributed by atoms with Crippen molar-refractivity contribution in [1.29, 1.82) is 0 Å². The smallest absolute Gasteiger partial charge is 0.264 e. The molecule has 12 heteroatoms. The van der Waals surface area contributed by atoms with Crippen molar-refractivity contribution in [2.45, 2.75) is 116 Å².